The molecule has 0 unspecified atom stereocenters. The SMILES string of the molecule is Cc1nnc(SCC(=O)N2NC(c3ccc4ccccc4c3)=C[C@H]2c2ccccc2)[nH]c1=O. The number of fused-ring (bicyclic) bond motifs is 1. The fraction of sp³-hybridized carbons (Fsp3) is 0.120. The molecular weight excluding hydrogens is 434 g/mol. The van der Waals surface area contributed by atoms with Crippen LogP contribution in [0.3, 0.4) is 0 Å². The van der Waals surface area contributed by atoms with Gasteiger partial charge in [0.1, 0.15) is 5.69 Å². The van der Waals surface area contributed by atoms with Crippen LogP contribution in [-0.4, -0.2) is 31.9 Å². The van der Waals surface area contributed by atoms with Gasteiger partial charge in [0.15, 0.2) is 5.16 Å². The third kappa shape index (κ3) is 4.38. The predicted octanol–water partition coefficient (Wildman–Crippen LogP) is 3.85. The summed E-state index contributed by atoms with van der Waals surface area (Å²) >= 11 is 1.15. The van der Waals surface area contributed by atoms with E-state index in [1.807, 2.05) is 42.5 Å². The molecule has 1 aliphatic heterocycles. The van der Waals surface area contributed by atoms with E-state index in [0.717, 1.165) is 39.4 Å². The number of carbonyl (C=O) groups excluding carboxylic acids is 1. The largest absolute Gasteiger partial charge is 0.298 e. The van der Waals surface area contributed by atoms with E-state index in [-0.39, 0.29) is 23.3 Å². The molecule has 0 radical (unpaired) electrons. The predicted molar refractivity (Wildman–Crippen MR) is 129 cm³/mol. The van der Waals surface area contributed by atoms with E-state index in [0.29, 0.717) is 10.9 Å². The first-order valence-electron chi connectivity index (χ1n) is 10.5. The fourth-order valence-electron chi connectivity index (χ4n) is 3.74. The van der Waals surface area contributed by atoms with Crippen LogP contribution in [0.15, 0.2) is 88.8 Å². The van der Waals surface area contributed by atoms with Crippen molar-refractivity contribution < 1.29 is 4.79 Å². The van der Waals surface area contributed by atoms with Crippen molar-refractivity contribution in [3.05, 3.63) is 106 Å². The number of aromatic amines is 1. The summed E-state index contributed by atoms with van der Waals surface area (Å²) in [5.41, 5.74) is 6.17. The van der Waals surface area contributed by atoms with Gasteiger partial charge in [-0.05, 0) is 41.0 Å². The zero-order valence-electron chi connectivity index (χ0n) is 17.9. The van der Waals surface area contributed by atoms with Crippen LogP contribution in [0.25, 0.3) is 16.5 Å². The number of carbonyl (C=O) groups is 1. The van der Waals surface area contributed by atoms with Crippen LogP contribution in [0, 0.1) is 6.92 Å². The third-order valence-corrected chi connectivity index (χ3v) is 6.33. The van der Waals surface area contributed by atoms with Crippen molar-refractivity contribution in [1.82, 2.24) is 25.6 Å². The highest BCUT2D eigenvalue weighted by atomic mass is 32.2. The van der Waals surface area contributed by atoms with Crippen molar-refractivity contribution in [3.63, 3.8) is 0 Å². The number of rotatable bonds is 5. The third-order valence-electron chi connectivity index (χ3n) is 5.49. The monoisotopic (exact) mass is 455 g/mol. The Balaban J connectivity index is 1.41. The molecule has 33 heavy (non-hydrogen) atoms. The van der Waals surface area contributed by atoms with E-state index in [9.17, 15) is 9.59 Å². The minimum atomic E-state index is -0.304. The zero-order valence-corrected chi connectivity index (χ0v) is 18.7. The zero-order chi connectivity index (χ0) is 22.8. The number of benzene rings is 3. The van der Waals surface area contributed by atoms with Gasteiger partial charge >= 0.3 is 0 Å². The van der Waals surface area contributed by atoms with Crippen molar-refractivity contribution >= 4 is 34.1 Å². The van der Waals surface area contributed by atoms with Crippen molar-refractivity contribution in [2.24, 2.45) is 0 Å². The highest BCUT2D eigenvalue weighted by Gasteiger charge is 2.30. The lowest BCUT2D eigenvalue weighted by molar-refractivity contribution is -0.131. The smallest absolute Gasteiger partial charge is 0.273 e. The van der Waals surface area contributed by atoms with Crippen LogP contribution in [0.5, 0.6) is 0 Å². The molecule has 3 aromatic carbocycles. The van der Waals surface area contributed by atoms with Gasteiger partial charge in [-0.1, -0.05) is 78.5 Å². The van der Waals surface area contributed by atoms with E-state index >= 15 is 0 Å². The molecule has 0 bridgehead atoms. The van der Waals surface area contributed by atoms with Crippen molar-refractivity contribution in [1.29, 1.82) is 0 Å². The maximum Gasteiger partial charge on any atom is 0.273 e. The lowest BCUT2D eigenvalue weighted by atomic mass is 10.0. The van der Waals surface area contributed by atoms with E-state index in [1.165, 1.54) is 0 Å². The van der Waals surface area contributed by atoms with Crippen LogP contribution in [0.1, 0.15) is 22.9 Å². The molecule has 5 rings (SSSR count). The first-order valence-corrected chi connectivity index (χ1v) is 11.5. The van der Waals surface area contributed by atoms with Crippen molar-refractivity contribution in [2.75, 3.05) is 5.75 Å². The summed E-state index contributed by atoms with van der Waals surface area (Å²) in [6.45, 7) is 1.59. The number of nitrogens with zero attached hydrogens (tertiary/aromatic N) is 3. The second kappa shape index (κ2) is 8.91. The molecule has 2 N–H and O–H groups in total. The number of hydrogen-bond acceptors (Lipinski definition) is 6. The maximum absolute atomic E-state index is 13.2. The highest BCUT2D eigenvalue weighted by Crippen LogP contribution is 2.33. The van der Waals surface area contributed by atoms with Crippen LogP contribution in [-0.2, 0) is 4.79 Å². The standard InChI is InChI=1S/C25H21N5O2S/c1-16-24(32)26-25(28-27-16)33-15-23(31)30-22(18-8-3-2-4-9-18)14-21(29-30)20-12-11-17-7-5-6-10-19(17)13-20/h2-14,22,29H,15H2,1H3,(H,26,28,32)/t22-/m0/s1. The quantitative estimate of drug-likeness (QED) is 0.444. The molecule has 1 amide bonds. The lowest BCUT2D eigenvalue weighted by Crippen LogP contribution is -2.40. The van der Waals surface area contributed by atoms with Gasteiger partial charge in [-0.2, -0.15) is 0 Å². The van der Waals surface area contributed by atoms with Crippen LogP contribution in [0.4, 0.5) is 0 Å². The molecule has 2 heterocycles. The Bertz CT molecular complexity index is 1420. The normalized spacial score (nSPS) is 15.4. The Hall–Kier alpha value is -3.91. The van der Waals surface area contributed by atoms with Crippen LogP contribution >= 0.6 is 11.8 Å². The van der Waals surface area contributed by atoms with Gasteiger partial charge in [-0.15, -0.1) is 10.2 Å². The van der Waals surface area contributed by atoms with Crippen molar-refractivity contribution in [2.45, 2.75) is 18.1 Å². The number of thioether (sulfide) groups is 1. The number of amides is 1. The molecule has 164 valence electrons. The minimum absolute atomic E-state index is 0.100. The van der Waals surface area contributed by atoms with Gasteiger partial charge in [0.25, 0.3) is 11.5 Å². The molecule has 1 atom stereocenters. The number of hydrogen-bond donors (Lipinski definition) is 2. The van der Waals surface area contributed by atoms with Crippen LogP contribution < -0.4 is 11.0 Å². The first-order chi connectivity index (χ1) is 16.1. The van der Waals surface area contributed by atoms with Gasteiger partial charge in [0.05, 0.1) is 17.5 Å². The summed E-state index contributed by atoms with van der Waals surface area (Å²) < 4.78 is 0. The van der Waals surface area contributed by atoms with E-state index in [4.69, 9.17) is 0 Å². The second-order valence-corrected chi connectivity index (χ2v) is 8.67. The molecule has 0 spiro atoms. The van der Waals surface area contributed by atoms with Gasteiger partial charge in [-0.25, -0.2) is 5.01 Å². The summed E-state index contributed by atoms with van der Waals surface area (Å²) in [5, 5.41) is 12.0. The highest BCUT2D eigenvalue weighted by molar-refractivity contribution is 7.99. The Morgan fingerprint density at radius 2 is 1.76 bits per heavy atom. The average Bonchev–Trinajstić information content (AvgIpc) is 3.30. The summed E-state index contributed by atoms with van der Waals surface area (Å²) in [5.74, 6) is -0.0350. The van der Waals surface area contributed by atoms with Gasteiger partial charge in [0, 0.05) is 0 Å². The lowest BCUT2D eigenvalue weighted by Gasteiger charge is -2.25. The van der Waals surface area contributed by atoms with E-state index < -0.39 is 0 Å². The minimum Gasteiger partial charge on any atom is -0.298 e. The first kappa shape index (κ1) is 21.0. The Kier molecular flexibility index (Phi) is 5.66. The Labute approximate surface area is 194 Å². The number of aryl methyl sites for hydroxylation is 1. The summed E-state index contributed by atoms with van der Waals surface area (Å²) in [6.07, 6.45) is 2.07. The molecular formula is C25H21N5O2S. The van der Waals surface area contributed by atoms with Gasteiger partial charge in [-0.3, -0.25) is 20.0 Å². The summed E-state index contributed by atoms with van der Waals surface area (Å²) in [7, 11) is 0. The maximum atomic E-state index is 13.2. The molecule has 0 saturated heterocycles. The van der Waals surface area contributed by atoms with E-state index in [2.05, 4.69) is 57.0 Å². The number of aromatic nitrogens is 3. The fourth-order valence-corrected chi connectivity index (χ4v) is 4.41. The molecule has 8 heteroatoms. The summed E-state index contributed by atoms with van der Waals surface area (Å²) in [6, 6.07) is 24.1. The number of nitrogens with one attached hydrogen (secondary N) is 2. The number of hydrazine groups is 1. The molecule has 0 saturated carbocycles. The molecule has 4 aromatic rings. The number of H-pyrrole nitrogens is 1. The molecule has 0 fully saturated rings. The molecule has 7 nitrogen and oxygen atoms in total. The van der Waals surface area contributed by atoms with Gasteiger partial charge in [0.2, 0.25) is 0 Å². The Morgan fingerprint density at radius 1 is 1.00 bits per heavy atom. The summed E-state index contributed by atoms with van der Waals surface area (Å²) in [4.78, 5) is 27.6. The van der Waals surface area contributed by atoms with Crippen LogP contribution in [0.2, 0.25) is 0 Å². The average molecular weight is 456 g/mol. The van der Waals surface area contributed by atoms with Gasteiger partial charge < -0.3 is 0 Å². The van der Waals surface area contributed by atoms with Crippen molar-refractivity contribution in [3.8, 4) is 0 Å². The topological polar surface area (TPSA) is 91.0 Å². The second-order valence-electron chi connectivity index (χ2n) is 7.71. The molecule has 0 aliphatic carbocycles. The van der Waals surface area contributed by atoms with E-state index in [1.54, 1.807) is 11.9 Å². The molecule has 1 aromatic heterocycles. The molecule has 1 aliphatic rings. The Morgan fingerprint density at radius 3 is 2.55 bits per heavy atom.